The highest BCUT2D eigenvalue weighted by atomic mass is 32.2. The van der Waals surface area contributed by atoms with Gasteiger partial charge >= 0.3 is 6.03 Å². The predicted molar refractivity (Wildman–Crippen MR) is 86.4 cm³/mol. The van der Waals surface area contributed by atoms with Gasteiger partial charge in [-0.05, 0) is 31.9 Å². The lowest BCUT2D eigenvalue weighted by atomic mass is 10.3. The second-order valence-electron chi connectivity index (χ2n) is 5.39. The average Bonchev–Trinajstić information content (AvgIpc) is 3.28. The van der Waals surface area contributed by atoms with E-state index >= 15 is 0 Å². The van der Waals surface area contributed by atoms with Crippen LogP contribution in [0, 0.1) is 0 Å². The summed E-state index contributed by atoms with van der Waals surface area (Å²) in [7, 11) is 0. The number of benzene rings is 1. The minimum Gasteiger partial charge on any atom is -0.351 e. The van der Waals surface area contributed by atoms with Gasteiger partial charge in [0, 0.05) is 5.92 Å². The molecule has 3 rings (SSSR count). The molecule has 1 atom stereocenters. The molecule has 0 aliphatic heterocycles. The van der Waals surface area contributed by atoms with Crippen LogP contribution in [0.2, 0.25) is 0 Å². The van der Waals surface area contributed by atoms with Crippen molar-refractivity contribution in [2.75, 3.05) is 0 Å². The zero-order valence-electron chi connectivity index (χ0n) is 12.6. The van der Waals surface area contributed by atoms with Crippen LogP contribution in [-0.2, 0) is 4.79 Å². The van der Waals surface area contributed by atoms with Crippen molar-refractivity contribution in [3.8, 4) is 5.69 Å². The van der Waals surface area contributed by atoms with Crippen LogP contribution in [0.4, 0.5) is 4.79 Å². The van der Waals surface area contributed by atoms with Crippen LogP contribution >= 0.6 is 11.8 Å². The zero-order valence-corrected chi connectivity index (χ0v) is 13.4. The maximum atomic E-state index is 11.8. The number of hydrogen-bond donors (Lipinski definition) is 2. The summed E-state index contributed by atoms with van der Waals surface area (Å²) >= 11 is 1.21. The Labute approximate surface area is 137 Å². The van der Waals surface area contributed by atoms with Crippen molar-refractivity contribution in [3.05, 3.63) is 36.2 Å². The normalized spacial score (nSPS) is 15.2. The number of amides is 3. The van der Waals surface area contributed by atoms with E-state index in [2.05, 4.69) is 15.4 Å². The third kappa shape index (κ3) is 3.70. The fraction of sp³-hybridized carbons (Fsp3) is 0.333. The number of para-hydroxylation sites is 1. The summed E-state index contributed by atoms with van der Waals surface area (Å²) in [5.41, 5.74) is 5.91. The standard InChI is InChI=1S/C15H17N5O2S/c1-9(13(21)18-14(16)22)23-15-17-12(10-7-8-10)20(19-15)11-5-3-2-4-6-11/h2-6,9-10H,7-8H2,1H3,(H3,16,18,21,22). The van der Waals surface area contributed by atoms with Crippen LogP contribution in [0.5, 0.6) is 0 Å². The molecule has 0 radical (unpaired) electrons. The third-order valence-electron chi connectivity index (χ3n) is 3.45. The summed E-state index contributed by atoms with van der Waals surface area (Å²) in [6, 6.07) is 8.93. The van der Waals surface area contributed by atoms with E-state index in [-0.39, 0.29) is 0 Å². The summed E-state index contributed by atoms with van der Waals surface area (Å²) in [4.78, 5) is 27.1. The molecule has 3 amide bonds. The van der Waals surface area contributed by atoms with Crippen LogP contribution in [0.15, 0.2) is 35.5 Å². The van der Waals surface area contributed by atoms with Gasteiger partial charge in [-0.15, -0.1) is 5.10 Å². The minimum absolute atomic E-state index is 0.423. The fourth-order valence-electron chi connectivity index (χ4n) is 2.15. The molecule has 1 heterocycles. The molecule has 23 heavy (non-hydrogen) atoms. The molecule has 7 nitrogen and oxygen atoms in total. The number of nitrogens with one attached hydrogen (secondary N) is 1. The number of nitrogens with zero attached hydrogens (tertiary/aromatic N) is 3. The van der Waals surface area contributed by atoms with E-state index in [1.54, 1.807) is 6.92 Å². The molecule has 1 unspecified atom stereocenters. The van der Waals surface area contributed by atoms with E-state index in [4.69, 9.17) is 5.73 Å². The molecule has 3 N–H and O–H groups in total. The molecule has 1 aliphatic rings. The molecule has 8 heteroatoms. The summed E-state index contributed by atoms with van der Waals surface area (Å²) in [6.07, 6.45) is 2.21. The van der Waals surface area contributed by atoms with Crippen LogP contribution < -0.4 is 11.1 Å². The Hall–Kier alpha value is -2.35. The third-order valence-corrected chi connectivity index (χ3v) is 4.41. The van der Waals surface area contributed by atoms with E-state index in [0.717, 1.165) is 24.4 Å². The minimum atomic E-state index is -0.858. The maximum absolute atomic E-state index is 11.8. The Morgan fingerprint density at radius 3 is 2.65 bits per heavy atom. The highest BCUT2D eigenvalue weighted by molar-refractivity contribution is 8.00. The second-order valence-corrected chi connectivity index (χ2v) is 6.70. The van der Waals surface area contributed by atoms with E-state index in [1.807, 2.05) is 35.0 Å². The SMILES string of the molecule is CC(Sc1nc(C2CC2)n(-c2ccccc2)n1)C(=O)NC(N)=O. The highest BCUT2D eigenvalue weighted by Crippen LogP contribution is 2.40. The molecule has 1 aliphatic carbocycles. The first kappa shape index (κ1) is 15.5. The largest absolute Gasteiger partial charge is 0.351 e. The van der Waals surface area contributed by atoms with E-state index in [9.17, 15) is 9.59 Å². The summed E-state index contributed by atoms with van der Waals surface area (Å²) in [5.74, 6) is 0.888. The topological polar surface area (TPSA) is 103 Å². The molecule has 1 aromatic heterocycles. The quantitative estimate of drug-likeness (QED) is 0.814. The fourth-order valence-corrected chi connectivity index (χ4v) is 2.91. The number of urea groups is 1. The van der Waals surface area contributed by atoms with E-state index in [0.29, 0.717) is 11.1 Å². The lowest BCUT2D eigenvalue weighted by Gasteiger charge is -2.06. The highest BCUT2D eigenvalue weighted by Gasteiger charge is 2.31. The van der Waals surface area contributed by atoms with Gasteiger partial charge in [-0.1, -0.05) is 30.0 Å². The molecule has 0 bridgehead atoms. The van der Waals surface area contributed by atoms with Crippen LogP contribution in [0.25, 0.3) is 5.69 Å². The first-order valence-corrected chi connectivity index (χ1v) is 8.22. The number of primary amides is 1. The number of rotatable bonds is 5. The van der Waals surface area contributed by atoms with Crippen molar-refractivity contribution >= 4 is 23.7 Å². The number of aromatic nitrogens is 3. The monoisotopic (exact) mass is 331 g/mol. The van der Waals surface area contributed by atoms with Gasteiger partial charge in [0.1, 0.15) is 5.82 Å². The van der Waals surface area contributed by atoms with Crippen molar-refractivity contribution in [2.45, 2.75) is 36.1 Å². The number of imide groups is 1. The summed E-state index contributed by atoms with van der Waals surface area (Å²) in [6.45, 7) is 1.68. The predicted octanol–water partition coefficient (Wildman–Crippen LogP) is 1.82. The van der Waals surface area contributed by atoms with Gasteiger partial charge in [0.05, 0.1) is 10.9 Å². The van der Waals surface area contributed by atoms with Crippen molar-refractivity contribution in [3.63, 3.8) is 0 Å². The Morgan fingerprint density at radius 2 is 2.04 bits per heavy atom. The molecule has 1 saturated carbocycles. The van der Waals surface area contributed by atoms with Gasteiger partial charge in [0.2, 0.25) is 11.1 Å². The molecule has 1 aromatic carbocycles. The molecular weight excluding hydrogens is 314 g/mol. The van der Waals surface area contributed by atoms with Crippen molar-refractivity contribution < 1.29 is 9.59 Å². The maximum Gasteiger partial charge on any atom is 0.318 e. The Balaban J connectivity index is 1.81. The molecule has 0 saturated heterocycles. The number of hydrogen-bond acceptors (Lipinski definition) is 5. The Kier molecular flexibility index (Phi) is 4.33. The molecule has 2 aromatic rings. The van der Waals surface area contributed by atoms with Gasteiger partial charge in [0.15, 0.2) is 0 Å². The molecule has 0 spiro atoms. The lowest BCUT2D eigenvalue weighted by Crippen LogP contribution is -2.39. The van der Waals surface area contributed by atoms with Crippen LogP contribution in [-0.4, -0.2) is 32.0 Å². The summed E-state index contributed by atoms with van der Waals surface area (Å²) in [5, 5.41) is 6.59. The molecule has 1 fully saturated rings. The number of carbonyl (C=O) groups excluding carboxylic acids is 2. The molecular formula is C15H17N5O2S. The van der Waals surface area contributed by atoms with Gasteiger partial charge in [-0.25, -0.2) is 14.5 Å². The Bertz CT molecular complexity index is 727. The lowest BCUT2D eigenvalue weighted by molar-refractivity contribution is -0.119. The summed E-state index contributed by atoms with van der Waals surface area (Å²) < 4.78 is 1.83. The van der Waals surface area contributed by atoms with Gasteiger partial charge < -0.3 is 5.73 Å². The van der Waals surface area contributed by atoms with Crippen molar-refractivity contribution in [2.24, 2.45) is 5.73 Å². The van der Waals surface area contributed by atoms with Gasteiger partial charge in [-0.3, -0.25) is 10.1 Å². The zero-order chi connectivity index (χ0) is 16.4. The van der Waals surface area contributed by atoms with E-state index in [1.165, 1.54) is 11.8 Å². The van der Waals surface area contributed by atoms with Gasteiger partial charge in [0.25, 0.3) is 0 Å². The molecule has 120 valence electrons. The first-order chi connectivity index (χ1) is 11.0. The van der Waals surface area contributed by atoms with Crippen molar-refractivity contribution in [1.29, 1.82) is 0 Å². The number of carbonyl (C=O) groups is 2. The number of nitrogens with two attached hydrogens (primary N) is 1. The van der Waals surface area contributed by atoms with Crippen LogP contribution in [0.1, 0.15) is 31.5 Å². The average molecular weight is 331 g/mol. The number of thioether (sulfide) groups is 1. The van der Waals surface area contributed by atoms with Crippen LogP contribution in [0.3, 0.4) is 0 Å². The van der Waals surface area contributed by atoms with Gasteiger partial charge in [-0.2, -0.15) is 0 Å². The van der Waals surface area contributed by atoms with E-state index < -0.39 is 17.2 Å². The second kappa shape index (κ2) is 6.41. The van der Waals surface area contributed by atoms with Crippen molar-refractivity contribution in [1.82, 2.24) is 20.1 Å². The first-order valence-electron chi connectivity index (χ1n) is 7.34. The Morgan fingerprint density at radius 1 is 1.35 bits per heavy atom. The smallest absolute Gasteiger partial charge is 0.318 e.